The fourth-order valence-electron chi connectivity index (χ4n) is 4.08. The monoisotopic (exact) mass is 422 g/mol. The van der Waals surface area contributed by atoms with Crippen LogP contribution in [0.4, 0.5) is 0 Å². The first-order valence-electron chi connectivity index (χ1n) is 10.7. The SMILES string of the molecule is N#CC(C#N)=CC(C=C(c1ccccc1)c1ccccc1)(c1ccccc1)c1ccccc1. The third-order valence-corrected chi connectivity index (χ3v) is 5.66. The lowest BCUT2D eigenvalue weighted by atomic mass is 9.71. The molecule has 156 valence electrons. The van der Waals surface area contributed by atoms with Gasteiger partial charge in [-0.2, -0.15) is 10.5 Å². The highest BCUT2D eigenvalue weighted by Crippen LogP contribution is 2.40. The standard InChI is InChI=1S/C31H22N2/c32-23-25(24-33)21-31(28-17-9-3-10-18-28,29-19-11-4-12-20-29)22-30(26-13-5-1-6-14-26)27-15-7-2-8-16-27/h1-22H. The van der Waals surface area contributed by atoms with Gasteiger partial charge in [-0.1, -0.05) is 127 Å². The second-order valence-electron chi connectivity index (χ2n) is 7.67. The minimum Gasteiger partial charge on any atom is -0.192 e. The maximum Gasteiger partial charge on any atom is 0.127 e. The van der Waals surface area contributed by atoms with Crippen molar-refractivity contribution in [3.8, 4) is 12.1 Å². The molecule has 0 spiro atoms. The zero-order valence-corrected chi connectivity index (χ0v) is 18.1. The van der Waals surface area contributed by atoms with Crippen molar-refractivity contribution in [2.45, 2.75) is 5.41 Å². The molecule has 33 heavy (non-hydrogen) atoms. The number of rotatable bonds is 6. The Kier molecular flexibility index (Phi) is 6.60. The summed E-state index contributed by atoms with van der Waals surface area (Å²) in [6.07, 6.45) is 3.96. The Morgan fingerprint density at radius 2 is 0.879 bits per heavy atom. The lowest BCUT2D eigenvalue weighted by Gasteiger charge is -2.31. The zero-order valence-electron chi connectivity index (χ0n) is 18.1. The van der Waals surface area contributed by atoms with Crippen molar-refractivity contribution in [2.24, 2.45) is 0 Å². The molecule has 0 aliphatic rings. The molecule has 0 saturated carbocycles. The van der Waals surface area contributed by atoms with E-state index in [4.69, 9.17) is 0 Å². The highest BCUT2D eigenvalue weighted by atomic mass is 14.4. The van der Waals surface area contributed by atoms with E-state index in [1.54, 1.807) is 6.08 Å². The summed E-state index contributed by atoms with van der Waals surface area (Å²) in [6, 6.07) is 44.6. The van der Waals surface area contributed by atoms with Gasteiger partial charge in [0.1, 0.15) is 17.7 Å². The zero-order chi connectivity index (χ0) is 22.9. The van der Waals surface area contributed by atoms with E-state index >= 15 is 0 Å². The Morgan fingerprint density at radius 1 is 0.515 bits per heavy atom. The topological polar surface area (TPSA) is 47.6 Å². The van der Waals surface area contributed by atoms with Gasteiger partial charge in [-0.3, -0.25) is 0 Å². The minimum atomic E-state index is -0.829. The first-order chi connectivity index (χ1) is 16.3. The highest BCUT2D eigenvalue weighted by molar-refractivity contribution is 5.82. The molecule has 0 aromatic heterocycles. The summed E-state index contributed by atoms with van der Waals surface area (Å²) in [5.74, 6) is 0. The lowest BCUT2D eigenvalue weighted by Crippen LogP contribution is -2.24. The molecule has 0 aliphatic carbocycles. The number of allylic oxidation sites excluding steroid dienone is 3. The van der Waals surface area contributed by atoms with Crippen LogP contribution in [0.1, 0.15) is 22.3 Å². The lowest BCUT2D eigenvalue weighted by molar-refractivity contribution is 0.813. The number of hydrogen-bond donors (Lipinski definition) is 0. The fourth-order valence-corrected chi connectivity index (χ4v) is 4.08. The largest absolute Gasteiger partial charge is 0.192 e. The number of benzene rings is 4. The molecule has 4 rings (SSSR count). The van der Waals surface area contributed by atoms with Crippen LogP contribution in [0, 0.1) is 22.7 Å². The van der Waals surface area contributed by atoms with Gasteiger partial charge in [-0.25, -0.2) is 0 Å². The van der Waals surface area contributed by atoms with Gasteiger partial charge in [0.2, 0.25) is 0 Å². The smallest absolute Gasteiger partial charge is 0.127 e. The van der Waals surface area contributed by atoms with Gasteiger partial charge < -0.3 is 0 Å². The van der Waals surface area contributed by atoms with Gasteiger partial charge in [0.15, 0.2) is 0 Å². The van der Waals surface area contributed by atoms with E-state index in [1.165, 1.54) is 0 Å². The summed E-state index contributed by atoms with van der Waals surface area (Å²) in [6.45, 7) is 0. The summed E-state index contributed by atoms with van der Waals surface area (Å²) in [5.41, 5.74) is 4.33. The molecule has 0 heterocycles. The first-order valence-corrected chi connectivity index (χ1v) is 10.7. The molecule has 0 N–H and O–H groups in total. The quantitative estimate of drug-likeness (QED) is 0.312. The molecule has 2 heteroatoms. The molecular weight excluding hydrogens is 400 g/mol. The third kappa shape index (κ3) is 4.67. The van der Waals surface area contributed by atoms with Crippen molar-refractivity contribution in [2.75, 3.05) is 0 Å². The van der Waals surface area contributed by atoms with Crippen LogP contribution in [-0.2, 0) is 5.41 Å². The average Bonchev–Trinajstić information content (AvgIpc) is 2.91. The predicted molar refractivity (Wildman–Crippen MR) is 133 cm³/mol. The molecule has 0 amide bonds. The first kappa shape index (κ1) is 21.6. The Hall–Kier alpha value is -4.66. The molecular formula is C31H22N2. The summed E-state index contributed by atoms with van der Waals surface area (Å²) in [4.78, 5) is 0. The Morgan fingerprint density at radius 3 is 1.24 bits per heavy atom. The summed E-state index contributed by atoms with van der Waals surface area (Å²) >= 11 is 0. The van der Waals surface area contributed by atoms with Gasteiger partial charge in [0.25, 0.3) is 0 Å². The van der Waals surface area contributed by atoms with Crippen LogP contribution in [-0.4, -0.2) is 0 Å². The van der Waals surface area contributed by atoms with E-state index in [9.17, 15) is 10.5 Å². The second-order valence-corrected chi connectivity index (χ2v) is 7.67. The Balaban J connectivity index is 2.13. The molecule has 0 unspecified atom stereocenters. The molecule has 0 saturated heterocycles. The van der Waals surface area contributed by atoms with E-state index in [1.807, 2.05) is 97.1 Å². The van der Waals surface area contributed by atoms with Crippen molar-refractivity contribution in [1.29, 1.82) is 10.5 Å². The van der Waals surface area contributed by atoms with Crippen molar-refractivity contribution in [3.63, 3.8) is 0 Å². The molecule has 0 aliphatic heterocycles. The van der Waals surface area contributed by atoms with Crippen molar-refractivity contribution >= 4 is 5.57 Å². The number of nitriles is 2. The molecule has 4 aromatic carbocycles. The fraction of sp³-hybridized carbons (Fsp3) is 0.0323. The third-order valence-electron chi connectivity index (χ3n) is 5.66. The van der Waals surface area contributed by atoms with Crippen LogP contribution in [0.2, 0.25) is 0 Å². The van der Waals surface area contributed by atoms with Gasteiger partial charge in [-0.05, 0) is 33.9 Å². The number of hydrogen-bond acceptors (Lipinski definition) is 2. The van der Waals surface area contributed by atoms with Crippen LogP contribution >= 0.6 is 0 Å². The Labute approximate surface area is 195 Å². The summed E-state index contributed by atoms with van der Waals surface area (Å²) < 4.78 is 0. The maximum atomic E-state index is 9.69. The van der Waals surface area contributed by atoms with Crippen LogP contribution in [0.3, 0.4) is 0 Å². The molecule has 0 radical (unpaired) electrons. The molecule has 2 nitrogen and oxygen atoms in total. The normalized spacial score (nSPS) is 10.4. The highest BCUT2D eigenvalue weighted by Gasteiger charge is 2.32. The van der Waals surface area contributed by atoms with E-state index in [0.717, 1.165) is 27.8 Å². The summed E-state index contributed by atoms with van der Waals surface area (Å²) in [7, 11) is 0. The molecule has 4 aromatic rings. The second kappa shape index (κ2) is 10.1. The van der Waals surface area contributed by atoms with Gasteiger partial charge in [0, 0.05) is 0 Å². The average molecular weight is 423 g/mol. The molecule has 0 atom stereocenters. The van der Waals surface area contributed by atoms with E-state index in [-0.39, 0.29) is 5.57 Å². The minimum absolute atomic E-state index is 0.0689. The van der Waals surface area contributed by atoms with Gasteiger partial charge >= 0.3 is 0 Å². The van der Waals surface area contributed by atoms with Crippen LogP contribution < -0.4 is 0 Å². The van der Waals surface area contributed by atoms with Crippen LogP contribution in [0.15, 0.2) is 139 Å². The van der Waals surface area contributed by atoms with E-state index < -0.39 is 5.41 Å². The predicted octanol–water partition coefficient (Wildman–Crippen LogP) is 7.08. The Bertz CT molecular complexity index is 1240. The molecule has 0 fully saturated rings. The van der Waals surface area contributed by atoms with Crippen molar-refractivity contribution in [3.05, 3.63) is 161 Å². The van der Waals surface area contributed by atoms with Gasteiger partial charge in [-0.15, -0.1) is 0 Å². The van der Waals surface area contributed by atoms with Crippen LogP contribution in [0.5, 0.6) is 0 Å². The van der Waals surface area contributed by atoms with Crippen molar-refractivity contribution < 1.29 is 0 Å². The van der Waals surface area contributed by atoms with Crippen LogP contribution in [0.25, 0.3) is 5.57 Å². The van der Waals surface area contributed by atoms with Gasteiger partial charge in [0.05, 0.1) is 5.41 Å². The van der Waals surface area contributed by atoms with Crippen molar-refractivity contribution in [1.82, 2.24) is 0 Å². The maximum absolute atomic E-state index is 9.69. The van der Waals surface area contributed by atoms with E-state index in [2.05, 4.69) is 42.5 Å². The number of nitrogens with zero attached hydrogens (tertiary/aromatic N) is 2. The molecule has 0 bridgehead atoms. The van der Waals surface area contributed by atoms with E-state index in [0.29, 0.717) is 0 Å². The summed E-state index contributed by atoms with van der Waals surface area (Å²) in [5, 5.41) is 19.4.